The summed E-state index contributed by atoms with van der Waals surface area (Å²) < 4.78 is 24.6. The largest absolute Gasteiger partial charge is 0.496 e. The second kappa shape index (κ2) is 24.5. The zero-order valence-electron chi connectivity index (χ0n) is 41.0. The van der Waals surface area contributed by atoms with E-state index < -0.39 is 60.5 Å². The number of likely N-dealkylation sites (tertiary alicyclic amines) is 1. The van der Waals surface area contributed by atoms with E-state index in [2.05, 4.69) is 48.4 Å². The van der Waals surface area contributed by atoms with Gasteiger partial charge in [-0.05, 0) is 41.8 Å². The van der Waals surface area contributed by atoms with Crippen molar-refractivity contribution in [2.24, 2.45) is 5.92 Å². The molecule has 7 rings (SSSR count). The first kappa shape index (κ1) is 53.7. The van der Waals surface area contributed by atoms with Gasteiger partial charge in [0.25, 0.3) is 0 Å². The van der Waals surface area contributed by atoms with Crippen molar-refractivity contribution >= 4 is 64.2 Å². The van der Waals surface area contributed by atoms with E-state index in [1.807, 2.05) is 24.4 Å². The number of carboxylic acids is 1. The number of carboxylic acid groups (broad SMARTS) is 1. The topological polar surface area (TPSA) is 323 Å². The summed E-state index contributed by atoms with van der Waals surface area (Å²) in [5.41, 5.74) is 10.0. The number of nitrogens with zero attached hydrogens (tertiary/aromatic N) is 6. The molecule has 394 valence electrons. The van der Waals surface area contributed by atoms with E-state index in [1.165, 1.54) is 18.2 Å². The Morgan fingerprint density at radius 2 is 1.64 bits per heavy atom. The first-order valence-electron chi connectivity index (χ1n) is 24.3. The van der Waals surface area contributed by atoms with Gasteiger partial charge in [-0.3, -0.25) is 29.0 Å². The average molecular weight is 1020 g/mol. The summed E-state index contributed by atoms with van der Waals surface area (Å²) in [5.74, 6) is -2.41. The molecule has 24 heteroatoms. The standard InChI is InChI=1S/C49H64N10O14/c1-4-5-6-14-52-44-39-32(54-48(50)55-44)12-16-58(39)26-31-9-7-29(24-35(31)70-3)25-56-18-20-57(21-19-56)49(69)71-27-30-8-10-34(72-47-42(65)40(63)41(64)43(73-47)46(67)68)33(23-30)53-37(61)11-15-51-36(60)13-17-59-38(62)22-28(2)45(59)66/h7-10,12,16,23-24,28,40-43,47,63-65H,4-6,11,13-15,17-22,25-27H2,1-3H3,(H,51,60)(H,53,61)(H,67,68)(H3,50,52,54,55)/t28?,40-,41-,42+,43-,47?/m1/s1. The van der Waals surface area contributed by atoms with Gasteiger partial charge in [-0.2, -0.15) is 4.98 Å². The lowest BCUT2D eigenvalue weighted by molar-refractivity contribution is -0.271. The van der Waals surface area contributed by atoms with Crippen LogP contribution >= 0.6 is 0 Å². The van der Waals surface area contributed by atoms with Gasteiger partial charge in [-0.15, -0.1) is 0 Å². The lowest BCUT2D eigenvalue weighted by Crippen LogP contribution is -2.61. The second-order valence-corrected chi connectivity index (χ2v) is 18.3. The number of hydrogen-bond acceptors (Lipinski definition) is 18. The van der Waals surface area contributed by atoms with Gasteiger partial charge < -0.3 is 70.5 Å². The van der Waals surface area contributed by atoms with Crippen molar-refractivity contribution in [2.45, 2.75) is 103 Å². The molecule has 0 spiro atoms. The predicted molar refractivity (Wildman–Crippen MR) is 262 cm³/mol. The number of aromatic nitrogens is 3. The quantitative estimate of drug-likeness (QED) is 0.0410. The highest BCUT2D eigenvalue weighted by atomic mass is 16.7. The number of amides is 5. The number of anilines is 3. The number of piperazine rings is 1. The number of nitrogens with two attached hydrogens (primary N) is 1. The number of methoxy groups -OCH3 is 1. The van der Waals surface area contributed by atoms with Crippen LogP contribution in [0.15, 0.2) is 48.7 Å². The fraction of sp³-hybridized carbons (Fsp3) is 0.510. The molecular weight excluding hydrogens is 953 g/mol. The summed E-state index contributed by atoms with van der Waals surface area (Å²) in [6.45, 7) is 7.13. The molecule has 0 radical (unpaired) electrons. The Morgan fingerprint density at radius 3 is 2.36 bits per heavy atom. The summed E-state index contributed by atoms with van der Waals surface area (Å²) in [4.78, 5) is 88.8. The van der Waals surface area contributed by atoms with Crippen molar-refractivity contribution in [3.63, 3.8) is 0 Å². The number of benzene rings is 2. The number of rotatable bonds is 22. The Kier molecular flexibility index (Phi) is 18.0. The monoisotopic (exact) mass is 1020 g/mol. The molecule has 2 aromatic heterocycles. The van der Waals surface area contributed by atoms with Crippen LogP contribution in [-0.4, -0.2) is 169 Å². The fourth-order valence-electron chi connectivity index (χ4n) is 8.80. The van der Waals surface area contributed by atoms with Crippen molar-refractivity contribution in [2.75, 3.05) is 69.3 Å². The van der Waals surface area contributed by atoms with Crippen LogP contribution in [0.4, 0.5) is 22.2 Å². The highest BCUT2D eigenvalue weighted by Crippen LogP contribution is 2.32. The van der Waals surface area contributed by atoms with Gasteiger partial charge >= 0.3 is 12.1 Å². The molecule has 2 aromatic carbocycles. The molecule has 24 nitrogen and oxygen atoms in total. The molecule has 2 unspecified atom stereocenters. The van der Waals surface area contributed by atoms with E-state index in [9.17, 15) is 49.2 Å². The Hall–Kier alpha value is -7.12. The summed E-state index contributed by atoms with van der Waals surface area (Å²) in [6.07, 6.45) is -5.31. The molecule has 0 aliphatic carbocycles. The number of aliphatic hydroxyl groups excluding tert-OH is 3. The van der Waals surface area contributed by atoms with E-state index in [4.69, 9.17) is 24.7 Å². The van der Waals surface area contributed by atoms with Crippen LogP contribution in [0, 0.1) is 5.92 Å². The van der Waals surface area contributed by atoms with Gasteiger partial charge in [0.2, 0.25) is 35.9 Å². The highest BCUT2D eigenvalue weighted by molar-refractivity contribution is 6.03. The fourth-order valence-corrected chi connectivity index (χ4v) is 8.80. The number of nitrogens with one attached hydrogen (secondary N) is 3. The number of imide groups is 1. The molecule has 5 amide bonds. The highest BCUT2D eigenvalue weighted by Gasteiger charge is 2.48. The molecular formula is C49H64N10O14. The van der Waals surface area contributed by atoms with Gasteiger partial charge in [0.1, 0.15) is 41.9 Å². The number of aliphatic hydroxyl groups is 3. The maximum Gasteiger partial charge on any atom is 0.410 e. The van der Waals surface area contributed by atoms with E-state index in [-0.39, 0.29) is 68.2 Å². The third-order valence-corrected chi connectivity index (χ3v) is 12.9. The predicted octanol–water partition coefficient (Wildman–Crippen LogP) is 1.63. The van der Waals surface area contributed by atoms with Gasteiger partial charge in [0.05, 0.1) is 24.9 Å². The molecule has 6 atom stereocenters. The zero-order valence-corrected chi connectivity index (χ0v) is 41.0. The number of ether oxygens (including phenoxy) is 4. The van der Waals surface area contributed by atoms with Crippen LogP contribution in [0.2, 0.25) is 0 Å². The van der Waals surface area contributed by atoms with Gasteiger partial charge in [0, 0.05) is 89.3 Å². The average Bonchev–Trinajstić information content (AvgIpc) is 3.88. The van der Waals surface area contributed by atoms with E-state index >= 15 is 0 Å². The second-order valence-electron chi connectivity index (χ2n) is 18.3. The number of aliphatic carboxylic acids is 1. The van der Waals surface area contributed by atoms with E-state index in [0.29, 0.717) is 50.6 Å². The Labute approximate surface area is 420 Å². The third-order valence-electron chi connectivity index (χ3n) is 12.9. The number of fused-ring (bicyclic) bond motifs is 1. The number of nitrogen functional groups attached to an aromatic ring is 1. The van der Waals surface area contributed by atoms with Gasteiger partial charge in [-0.25, -0.2) is 14.6 Å². The van der Waals surface area contributed by atoms with Crippen molar-refractivity contribution < 1.29 is 68.1 Å². The van der Waals surface area contributed by atoms with Crippen molar-refractivity contribution in [1.29, 1.82) is 0 Å². The van der Waals surface area contributed by atoms with E-state index in [0.717, 1.165) is 58.6 Å². The van der Waals surface area contributed by atoms with Crippen LogP contribution in [0.1, 0.15) is 69.1 Å². The van der Waals surface area contributed by atoms with Crippen LogP contribution in [-0.2, 0) is 53.1 Å². The lowest BCUT2D eigenvalue weighted by Gasteiger charge is -2.38. The number of carbonyl (C=O) groups excluding carboxylic acids is 5. The van der Waals surface area contributed by atoms with Gasteiger partial charge in [-0.1, -0.05) is 44.9 Å². The van der Waals surface area contributed by atoms with Gasteiger partial charge in [0.15, 0.2) is 11.9 Å². The molecule has 5 heterocycles. The van der Waals surface area contributed by atoms with Crippen LogP contribution in [0.5, 0.6) is 11.5 Å². The minimum absolute atomic E-state index is 0.0235. The molecule has 3 aliphatic heterocycles. The minimum atomic E-state index is -1.97. The van der Waals surface area contributed by atoms with Crippen molar-refractivity contribution in [3.05, 3.63) is 65.4 Å². The summed E-state index contributed by atoms with van der Waals surface area (Å²) in [6, 6.07) is 12.3. The maximum absolute atomic E-state index is 13.3. The van der Waals surface area contributed by atoms with Crippen LogP contribution < -0.4 is 31.2 Å². The van der Waals surface area contributed by atoms with Crippen molar-refractivity contribution in [3.8, 4) is 11.5 Å². The first-order valence-corrected chi connectivity index (χ1v) is 24.3. The van der Waals surface area contributed by atoms with Crippen molar-refractivity contribution in [1.82, 2.24) is 34.6 Å². The molecule has 3 aliphatic rings. The Bertz CT molecular complexity index is 2640. The van der Waals surface area contributed by atoms with Crippen LogP contribution in [0.3, 0.4) is 0 Å². The maximum atomic E-state index is 13.3. The Balaban J connectivity index is 0.931. The molecule has 0 bridgehead atoms. The molecule has 4 aromatic rings. The number of hydrogen-bond donors (Lipinski definition) is 8. The summed E-state index contributed by atoms with van der Waals surface area (Å²) in [5, 5.41) is 49.3. The smallest absolute Gasteiger partial charge is 0.410 e. The summed E-state index contributed by atoms with van der Waals surface area (Å²) >= 11 is 0. The molecule has 9 N–H and O–H groups in total. The van der Waals surface area contributed by atoms with E-state index in [1.54, 1.807) is 18.9 Å². The summed E-state index contributed by atoms with van der Waals surface area (Å²) in [7, 11) is 1.64. The molecule has 0 saturated carbocycles. The third kappa shape index (κ3) is 13.5. The van der Waals surface area contributed by atoms with Crippen LogP contribution in [0.25, 0.3) is 11.0 Å². The molecule has 3 saturated heterocycles. The molecule has 73 heavy (non-hydrogen) atoms. The normalized spacial score (nSPS) is 21.3. The first-order chi connectivity index (χ1) is 35.0. The lowest BCUT2D eigenvalue weighted by atomic mass is 9.99. The SMILES string of the molecule is CCCCCNc1nc(N)nc2ccn(Cc3ccc(CN4CCN(C(=O)OCc5ccc(OC6O[C@@H](C(=O)O)[C@H](O)[C@@H](O)[C@@H]6O)c(NC(=O)CCNC(=O)CCN6C(=O)CC(C)C6=O)c5)CC4)cc3OC)c12. The number of unbranched alkanes of at least 4 members (excludes halogenated alkanes) is 2. The number of carbonyl (C=O) groups is 6. The molecule has 3 fully saturated rings. The zero-order chi connectivity index (χ0) is 52.3. The minimum Gasteiger partial charge on any atom is -0.496 e. The Morgan fingerprint density at radius 1 is 0.877 bits per heavy atom.